The van der Waals surface area contributed by atoms with Crippen molar-refractivity contribution in [2.75, 3.05) is 26.2 Å². The number of amides is 4. The molecule has 4 amide bonds. The Labute approximate surface area is 139 Å². The lowest BCUT2D eigenvalue weighted by Crippen LogP contribution is -2.45. The first kappa shape index (κ1) is 16.4. The third kappa shape index (κ3) is 3.88. The SMILES string of the molecule is O=C(CN1C(=O)CNC1=O)N(Cc1ccncc1)CC1CCCO1. The van der Waals surface area contributed by atoms with Gasteiger partial charge in [0.25, 0.3) is 5.91 Å². The van der Waals surface area contributed by atoms with Crippen LogP contribution in [0.3, 0.4) is 0 Å². The summed E-state index contributed by atoms with van der Waals surface area (Å²) in [7, 11) is 0. The molecule has 2 aliphatic rings. The molecule has 1 N–H and O–H groups in total. The summed E-state index contributed by atoms with van der Waals surface area (Å²) in [6, 6.07) is 3.15. The molecule has 0 bridgehead atoms. The van der Waals surface area contributed by atoms with E-state index >= 15 is 0 Å². The molecule has 8 nitrogen and oxygen atoms in total. The van der Waals surface area contributed by atoms with E-state index in [0.29, 0.717) is 19.7 Å². The van der Waals surface area contributed by atoms with E-state index in [0.717, 1.165) is 23.3 Å². The molecule has 1 unspecified atom stereocenters. The normalized spacial score (nSPS) is 20.3. The zero-order chi connectivity index (χ0) is 16.9. The van der Waals surface area contributed by atoms with E-state index in [4.69, 9.17) is 4.74 Å². The average molecular weight is 332 g/mol. The molecule has 8 heteroatoms. The highest BCUT2D eigenvalue weighted by molar-refractivity contribution is 6.04. The van der Waals surface area contributed by atoms with E-state index in [1.54, 1.807) is 17.3 Å². The summed E-state index contributed by atoms with van der Waals surface area (Å²) in [5.41, 5.74) is 0.938. The van der Waals surface area contributed by atoms with Gasteiger partial charge in [0.2, 0.25) is 5.91 Å². The van der Waals surface area contributed by atoms with Gasteiger partial charge in [-0.05, 0) is 30.5 Å². The molecule has 1 aromatic rings. The lowest BCUT2D eigenvalue weighted by Gasteiger charge is -2.27. The van der Waals surface area contributed by atoms with E-state index in [9.17, 15) is 14.4 Å². The summed E-state index contributed by atoms with van der Waals surface area (Å²) in [6.07, 6.45) is 5.22. The van der Waals surface area contributed by atoms with Crippen LogP contribution in [0.2, 0.25) is 0 Å². The molecule has 1 aromatic heterocycles. The van der Waals surface area contributed by atoms with Gasteiger partial charge in [-0.2, -0.15) is 0 Å². The fourth-order valence-electron chi connectivity index (χ4n) is 2.85. The van der Waals surface area contributed by atoms with Gasteiger partial charge < -0.3 is 15.0 Å². The molecule has 0 radical (unpaired) electrons. The van der Waals surface area contributed by atoms with Crippen LogP contribution < -0.4 is 5.32 Å². The minimum Gasteiger partial charge on any atom is -0.376 e. The summed E-state index contributed by atoms with van der Waals surface area (Å²) < 4.78 is 5.62. The number of hydrogen-bond donors (Lipinski definition) is 1. The maximum atomic E-state index is 12.7. The molecular formula is C16H20N4O4. The van der Waals surface area contributed by atoms with Crippen molar-refractivity contribution in [1.29, 1.82) is 0 Å². The maximum Gasteiger partial charge on any atom is 0.325 e. The molecule has 128 valence electrons. The number of carbonyl (C=O) groups excluding carboxylic acids is 3. The Morgan fingerprint density at radius 3 is 2.79 bits per heavy atom. The molecule has 3 rings (SSSR count). The smallest absolute Gasteiger partial charge is 0.325 e. The van der Waals surface area contributed by atoms with Crippen molar-refractivity contribution in [3.8, 4) is 0 Å². The Kier molecular flexibility index (Phi) is 5.05. The Bertz CT molecular complexity index is 600. The van der Waals surface area contributed by atoms with Crippen LogP contribution in [0.15, 0.2) is 24.5 Å². The van der Waals surface area contributed by atoms with Gasteiger partial charge in [0.1, 0.15) is 6.54 Å². The second-order valence-electron chi connectivity index (χ2n) is 5.90. The first-order valence-corrected chi connectivity index (χ1v) is 8.00. The highest BCUT2D eigenvalue weighted by Gasteiger charge is 2.32. The number of pyridine rings is 1. The number of rotatable bonds is 6. The van der Waals surface area contributed by atoms with Crippen molar-refractivity contribution >= 4 is 17.8 Å². The fourth-order valence-corrected chi connectivity index (χ4v) is 2.85. The van der Waals surface area contributed by atoms with Gasteiger partial charge in [-0.3, -0.25) is 19.5 Å². The van der Waals surface area contributed by atoms with Gasteiger partial charge in [-0.25, -0.2) is 4.79 Å². The zero-order valence-corrected chi connectivity index (χ0v) is 13.3. The maximum absolute atomic E-state index is 12.7. The van der Waals surface area contributed by atoms with Gasteiger partial charge >= 0.3 is 6.03 Å². The van der Waals surface area contributed by atoms with E-state index < -0.39 is 6.03 Å². The van der Waals surface area contributed by atoms with E-state index in [1.807, 2.05) is 12.1 Å². The Morgan fingerprint density at radius 2 is 2.17 bits per heavy atom. The van der Waals surface area contributed by atoms with E-state index in [-0.39, 0.29) is 31.0 Å². The first-order valence-electron chi connectivity index (χ1n) is 8.00. The van der Waals surface area contributed by atoms with Crippen molar-refractivity contribution in [2.45, 2.75) is 25.5 Å². The van der Waals surface area contributed by atoms with Crippen LogP contribution in [0.1, 0.15) is 18.4 Å². The van der Waals surface area contributed by atoms with Crippen LogP contribution in [-0.2, 0) is 20.9 Å². The minimum atomic E-state index is -0.519. The molecular weight excluding hydrogens is 312 g/mol. The van der Waals surface area contributed by atoms with Crippen molar-refractivity contribution in [3.63, 3.8) is 0 Å². The molecule has 0 spiro atoms. The van der Waals surface area contributed by atoms with Gasteiger partial charge in [0, 0.05) is 32.1 Å². The quantitative estimate of drug-likeness (QED) is 0.748. The van der Waals surface area contributed by atoms with Crippen LogP contribution in [0.5, 0.6) is 0 Å². The summed E-state index contributed by atoms with van der Waals surface area (Å²) >= 11 is 0. The molecule has 3 heterocycles. The van der Waals surface area contributed by atoms with Crippen LogP contribution in [-0.4, -0.2) is 65.0 Å². The van der Waals surface area contributed by atoms with Crippen molar-refractivity contribution in [3.05, 3.63) is 30.1 Å². The second kappa shape index (κ2) is 7.39. The number of nitrogens with zero attached hydrogens (tertiary/aromatic N) is 3. The van der Waals surface area contributed by atoms with Gasteiger partial charge in [0.05, 0.1) is 12.6 Å². The zero-order valence-electron chi connectivity index (χ0n) is 13.3. The Morgan fingerprint density at radius 1 is 1.38 bits per heavy atom. The topological polar surface area (TPSA) is 91.8 Å². The van der Waals surface area contributed by atoms with Crippen molar-refractivity contribution in [2.24, 2.45) is 0 Å². The third-order valence-corrected chi connectivity index (χ3v) is 4.15. The molecule has 0 aliphatic carbocycles. The lowest BCUT2D eigenvalue weighted by atomic mass is 10.2. The number of imide groups is 1. The van der Waals surface area contributed by atoms with Gasteiger partial charge in [-0.1, -0.05) is 0 Å². The monoisotopic (exact) mass is 332 g/mol. The Balaban J connectivity index is 1.68. The third-order valence-electron chi connectivity index (χ3n) is 4.15. The lowest BCUT2D eigenvalue weighted by molar-refractivity contribution is -0.138. The van der Waals surface area contributed by atoms with E-state index in [2.05, 4.69) is 10.3 Å². The van der Waals surface area contributed by atoms with Gasteiger partial charge in [0.15, 0.2) is 0 Å². The fraction of sp³-hybridized carbons (Fsp3) is 0.500. The minimum absolute atomic E-state index is 0.00102. The highest BCUT2D eigenvalue weighted by Crippen LogP contribution is 2.15. The molecule has 2 fully saturated rings. The molecule has 0 saturated carbocycles. The number of ether oxygens (including phenoxy) is 1. The largest absolute Gasteiger partial charge is 0.376 e. The number of aromatic nitrogens is 1. The summed E-state index contributed by atoms with van der Waals surface area (Å²) in [6.45, 7) is 1.25. The number of hydrogen-bond acceptors (Lipinski definition) is 5. The van der Waals surface area contributed by atoms with Crippen LogP contribution >= 0.6 is 0 Å². The summed E-state index contributed by atoms with van der Waals surface area (Å²) in [4.78, 5) is 42.6. The standard InChI is InChI=1S/C16H20N4O4/c21-14-8-18-16(23)20(14)11-15(22)19(10-13-2-1-7-24-13)9-12-3-5-17-6-4-12/h3-6,13H,1-2,7-11H2,(H,18,23). The van der Waals surface area contributed by atoms with Gasteiger partial charge in [-0.15, -0.1) is 0 Å². The first-order chi connectivity index (χ1) is 11.6. The van der Waals surface area contributed by atoms with Crippen LogP contribution in [0.4, 0.5) is 4.79 Å². The summed E-state index contributed by atoms with van der Waals surface area (Å²) in [5, 5.41) is 2.42. The van der Waals surface area contributed by atoms with Crippen LogP contribution in [0.25, 0.3) is 0 Å². The number of carbonyl (C=O) groups is 3. The molecule has 2 aliphatic heterocycles. The molecule has 1 atom stereocenters. The molecule has 0 aromatic carbocycles. The highest BCUT2D eigenvalue weighted by atomic mass is 16.5. The predicted octanol–water partition coefficient (Wildman–Crippen LogP) is 0.141. The Hall–Kier alpha value is -2.48. The van der Waals surface area contributed by atoms with Crippen LogP contribution in [0, 0.1) is 0 Å². The average Bonchev–Trinajstić information content (AvgIpc) is 3.20. The predicted molar refractivity (Wildman–Crippen MR) is 83.7 cm³/mol. The molecule has 24 heavy (non-hydrogen) atoms. The van der Waals surface area contributed by atoms with E-state index in [1.165, 1.54) is 0 Å². The van der Waals surface area contributed by atoms with Crippen molar-refractivity contribution in [1.82, 2.24) is 20.1 Å². The second-order valence-corrected chi connectivity index (χ2v) is 5.90. The summed E-state index contributed by atoms with van der Waals surface area (Å²) in [5.74, 6) is -0.651. The number of nitrogens with one attached hydrogen (secondary N) is 1. The van der Waals surface area contributed by atoms with Crippen molar-refractivity contribution < 1.29 is 19.1 Å². The number of urea groups is 1. The molecule has 2 saturated heterocycles.